The zero-order chi connectivity index (χ0) is 19.1. The molecule has 0 saturated carbocycles. The van der Waals surface area contributed by atoms with Gasteiger partial charge in [0.05, 0.1) is 12.5 Å². The van der Waals surface area contributed by atoms with Crippen LogP contribution in [0.4, 0.5) is 0 Å². The van der Waals surface area contributed by atoms with Crippen LogP contribution in [0.2, 0.25) is 0 Å². The third-order valence-electron chi connectivity index (χ3n) is 4.64. The number of aryl methyl sites for hydroxylation is 1. The van der Waals surface area contributed by atoms with E-state index >= 15 is 0 Å². The van der Waals surface area contributed by atoms with Gasteiger partial charge >= 0.3 is 0 Å². The van der Waals surface area contributed by atoms with Gasteiger partial charge in [0.15, 0.2) is 0 Å². The van der Waals surface area contributed by atoms with Crippen LogP contribution in [0, 0.1) is 12.8 Å². The third-order valence-corrected chi connectivity index (χ3v) is 4.64. The van der Waals surface area contributed by atoms with Crippen molar-refractivity contribution in [3.05, 3.63) is 41.6 Å². The largest absolute Gasteiger partial charge is 0.472 e. The van der Waals surface area contributed by atoms with E-state index in [1.165, 1.54) is 5.56 Å². The van der Waals surface area contributed by atoms with Crippen LogP contribution in [-0.4, -0.2) is 53.3 Å². The number of carbonyl (C=O) groups is 2. The molecular weight excluding hydrogens is 348 g/mol. The molecule has 2 aromatic rings. The molecule has 8 nitrogen and oxygen atoms in total. The summed E-state index contributed by atoms with van der Waals surface area (Å²) in [5.74, 6) is 0.214. The second-order valence-electron chi connectivity index (χ2n) is 6.61. The van der Waals surface area contributed by atoms with Crippen LogP contribution in [0.5, 0.6) is 5.88 Å². The maximum Gasteiger partial charge on any atom is 0.278 e. The van der Waals surface area contributed by atoms with Gasteiger partial charge in [-0.05, 0) is 30.5 Å². The van der Waals surface area contributed by atoms with Crippen molar-refractivity contribution in [2.24, 2.45) is 5.92 Å². The van der Waals surface area contributed by atoms with Gasteiger partial charge in [0, 0.05) is 19.5 Å². The fraction of sp³-hybridized carbons (Fsp3) is 0.474. The molecular formula is C19H24N4O4. The summed E-state index contributed by atoms with van der Waals surface area (Å²) in [7, 11) is 0. The first-order chi connectivity index (χ1) is 13.1. The summed E-state index contributed by atoms with van der Waals surface area (Å²) < 4.78 is 9.94. The highest BCUT2D eigenvalue weighted by Crippen LogP contribution is 2.18. The van der Waals surface area contributed by atoms with E-state index in [0.717, 1.165) is 6.42 Å². The van der Waals surface area contributed by atoms with E-state index in [9.17, 15) is 9.59 Å². The van der Waals surface area contributed by atoms with E-state index in [1.807, 2.05) is 30.3 Å². The van der Waals surface area contributed by atoms with E-state index in [2.05, 4.69) is 20.3 Å². The highest BCUT2D eigenvalue weighted by atomic mass is 16.6. The average Bonchev–Trinajstić information content (AvgIpc) is 3.10. The smallest absolute Gasteiger partial charge is 0.278 e. The van der Waals surface area contributed by atoms with Crippen molar-refractivity contribution in [1.82, 2.24) is 20.5 Å². The van der Waals surface area contributed by atoms with Crippen molar-refractivity contribution in [2.75, 3.05) is 26.2 Å². The number of aromatic nitrogens is 2. The Morgan fingerprint density at radius 1 is 1.33 bits per heavy atom. The van der Waals surface area contributed by atoms with Gasteiger partial charge < -0.3 is 15.0 Å². The predicted octanol–water partition coefficient (Wildman–Crippen LogP) is 1.35. The molecule has 3 rings (SSSR count). The van der Waals surface area contributed by atoms with Crippen molar-refractivity contribution in [1.29, 1.82) is 0 Å². The van der Waals surface area contributed by atoms with Crippen LogP contribution in [0.3, 0.4) is 0 Å². The second-order valence-corrected chi connectivity index (χ2v) is 6.61. The summed E-state index contributed by atoms with van der Waals surface area (Å²) in [6.07, 6.45) is 1.78. The van der Waals surface area contributed by atoms with Gasteiger partial charge in [0.2, 0.25) is 11.8 Å². The number of benzene rings is 1. The quantitative estimate of drug-likeness (QED) is 0.703. The zero-order valence-corrected chi connectivity index (χ0v) is 15.4. The number of carbonyl (C=O) groups excluding carboxylic acids is 2. The minimum absolute atomic E-state index is 0.0502. The molecule has 0 unspecified atom stereocenters. The molecule has 1 aromatic heterocycles. The Hall–Kier alpha value is -2.90. The van der Waals surface area contributed by atoms with Crippen molar-refractivity contribution in [3.63, 3.8) is 0 Å². The highest BCUT2D eigenvalue weighted by molar-refractivity contribution is 5.83. The van der Waals surface area contributed by atoms with Crippen LogP contribution in [0.15, 0.2) is 35.0 Å². The van der Waals surface area contributed by atoms with Gasteiger partial charge in [0.25, 0.3) is 5.88 Å². The van der Waals surface area contributed by atoms with Crippen molar-refractivity contribution in [2.45, 2.75) is 26.2 Å². The lowest BCUT2D eigenvalue weighted by atomic mass is 9.96. The van der Waals surface area contributed by atoms with E-state index < -0.39 is 0 Å². The molecule has 2 amide bonds. The SMILES string of the molecule is Cc1nonc1OCCNC(=O)[C@@H]1CCC(=O)N(CCc2ccccc2)C1. The van der Waals surface area contributed by atoms with E-state index in [1.54, 1.807) is 11.8 Å². The Balaban J connectivity index is 1.41. The van der Waals surface area contributed by atoms with Crippen LogP contribution in [0.1, 0.15) is 24.1 Å². The lowest BCUT2D eigenvalue weighted by molar-refractivity contribution is -0.138. The molecule has 1 aliphatic rings. The van der Waals surface area contributed by atoms with Gasteiger partial charge in [-0.2, -0.15) is 0 Å². The summed E-state index contributed by atoms with van der Waals surface area (Å²) in [4.78, 5) is 26.4. The fourth-order valence-corrected chi connectivity index (χ4v) is 3.07. The molecule has 0 aliphatic carbocycles. The molecule has 1 N–H and O–H groups in total. The van der Waals surface area contributed by atoms with Crippen molar-refractivity contribution >= 4 is 11.8 Å². The molecule has 1 aliphatic heterocycles. The minimum Gasteiger partial charge on any atom is -0.472 e. The maximum atomic E-state index is 12.4. The van der Waals surface area contributed by atoms with Crippen LogP contribution in [0.25, 0.3) is 0 Å². The lowest BCUT2D eigenvalue weighted by Crippen LogP contribution is -2.46. The molecule has 0 radical (unpaired) electrons. The standard InChI is InChI=1S/C19H24N4O4/c1-14-19(22-27-21-14)26-12-10-20-18(25)16-7-8-17(24)23(13-16)11-9-15-5-3-2-4-6-15/h2-6,16H,7-13H2,1H3,(H,20,25)/t16-/m1/s1. The number of nitrogens with zero attached hydrogens (tertiary/aromatic N) is 3. The van der Waals surface area contributed by atoms with Gasteiger partial charge in [-0.15, -0.1) is 0 Å². The number of hydrogen-bond acceptors (Lipinski definition) is 6. The molecule has 0 bridgehead atoms. The summed E-state index contributed by atoms with van der Waals surface area (Å²) >= 11 is 0. The number of piperidine rings is 1. The third kappa shape index (κ3) is 5.29. The molecule has 27 heavy (non-hydrogen) atoms. The van der Waals surface area contributed by atoms with E-state index in [-0.39, 0.29) is 24.3 Å². The maximum absolute atomic E-state index is 12.4. The van der Waals surface area contributed by atoms with Crippen molar-refractivity contribution in [3.8, 4) is 5.88 Å². The Bertz CT molecular complexity index is 762. The zero-order valence-electron chi connectivity index (χ0n) is 15.4. The lowest BCUT2D eigenvalue weighted by Gasteiger charge is -2.32. The number of hydrogen-bond donors (Lipinski definition) is 1. The average molecular weight is 372 g/mol. The fourth-order valence-electron chi connectivity index (χ4n) is 3.07. The van der Waals surface area contributed by atoms with Gasteiger partial charge in [-0.25, -0.2) is 4.63 Å². The minimum atomic E-state index is -0.186. The summed E-state index contributed by atoms with van der Waals surface area (Å²) in [6.45, 7) is 3.47. The molecule has 8 heteroatoms. The van der Waals surface area contributed by atoms with E-state index in [0.29, 0.717) is 44.0 Å². The monoisotopic (exact) mass is 372 g/mol. The number of ether oxygens (including phenoxy) is 1. The molecule has 1 fully saturated rings. The van der Waals surface area contributed by atoms with Gasteiger partial charge in [0.1, 0.15) is 12.3 Å². The van der Waals surface area contributed by atoms with Crippen molar-refractivity contribution < 1.29 is 19.0 Å². The van der Waals surface area contributed by atoms with Crippen LogP contribution >= 0.6 is 0 Å². The number of likely N-dealkylation sites (tertiary alicyclic amines) is 1. The van der Waals surface area contributed by atoms with Crippen LogP contribution < -0.4 is 10.1 Å². The first kappa shape index (κ1) is 18.9. The number of rotatable bonds is 8. The Morgan fingerprint density at radius 3 is 2.89 bits per heavy atom. The molecule has 1 atom stereocenters. The summed E-state index contributed by atoms with van der Waals surface area (Å²) in [5, 5.41) is 10.1. The number of nitrogens with one attached hydrogen (secondary N) is 1. The Kier molecular flexibility index (Phi) is 6.40. The Morgan fingerprint density at radius 2 is 2.15 bits per heavy atom. The molecule has 144 valence electrons. The van der Waals surface area contributed by atoms with Gasteiger partial charge in [-0.3, -0.25) is 9.59 Å². The molecule has 1 aromatic carbocycles. The number of amides is 2. The molecule has 0 spiro atoms. The predicted molar refractivity (Wildman–Crippen MR) is 97.0 cm³/mol. The summed E-state index contributed by atoms with van der Waals surface area (Å²) in [5.41, 5.74) is 1.76. The van der Waals surface area contributed by atoms with Gasteiger partial charge in [-0.1, -0.05) is 35.5 Å². The second kappa shape index (κ2) is 9.16. The normalized spacial score (nSPS) is 17.0. The highest BCUT2D eigenvalue weighted by Gasteiger charge is 2.29. The van der Waals surface area contributed by atoms with E-state index in [4.69, 9.17) is 4.74 Å². The topological polar surface area (TPSA) is 97.6 Å². The van der Waals surface area contributed by atoms with Crippen LogP contribution in [-0.2, 0) is 16.0 Å². The molecule has 2 heterocycles. The molecule has 1 saturated heterocycles. The Labute approximate surface area is 157 Å². The first-order valence-electron chi connectivity index (χ1n) is 9.15. The summed E-state index contributed by atoms with van der Waals surface area (Å²) in [6, 6.07) is 10.0. The first-order valence-corrected chi connectivity index (χ1v) is 9.15.